The van der Waals surface area contributed by atoms with Gasteiger partial charge in [-0.1, -0.05) is 42.5 Å². The number of likely N-dealkylation sites (N-methyl/N-ethyl adjacent to an activating group) is 1. The number of aromatic amines is 1. The third-order valence-corrected chi connectivity index (χ3v) is 7.58. The van der Waals surface area contributed by atoms with E-state index in [4.69, 9.17) is 0 Å². The minimum Gasteiger partial charge on any atom is -0.341 e. The largest absolute Gasteiger partial charge is 0.341 e. The molecule has 0 radical (unpaired) electrons. The first-order chi connectivity index (χ1) is 18.5. The summed E-state index contributed by atoms with van der Waals surface area (Å²) in [7, 11) is 1.82. The third kappa shape index (κ3) is 6.00. The van der Waals surface area contributed by atoms with Crippen molar-refractivity contribution >= 4 is 22.7 Å². The number of hydrogen-bond donors (Lipinski definition) is 1. The summed E-state index contributed by atoms with van der Waals surface area (Å²) in [4.78, 5) is 37.8. The lowest BCUT2D eigenvalue weighted by Crippen LogP contribution is -2.38. The maximum Gasteiger partial charge on any atom is 0.253 e. The third-order valence-electron chi connectivity index (χ3n) is 7.58. The smallest absolute Gasteiger partial charge is 0.253 e. The van der Waals surface area contributed by atoms with Crippen molar-refractivity contribution in [1.29, 1.82) is 0 Å². The fourth-order valence-corrected chi connectivity index (χ4v) is 5.33. The molecule has 1 atom stereocenters. The van der Waals surface area contributed by atoms with Crippen molar-refractivity contribution in [2.45, 2.75) is 25.2 Å². The first-order valence-corrected chi connectivity index (χ1v) is 13.2. The average Bonchev–Trinajstić information content (AvgIpc) is 3.40. The van der Waals surface area contributed by atoms with Crippen LogP contribution in [0, 0.1) is 11.7 Å². The molecule has 5 rings (SSSR count). The number of hydrogen-bond acceptors (Lipinski definition) is 4. The summed E-state index contributed by atoms with van der Waals surface area (Å²) in [5, 5.41) is 0. The number of Topliss-reactive ketones (excluding diaryl/α,β-unsaturated/α-hetero) is 1. The zero-order chi connectivity index (χ0) is 26.5. The number of aromatic nitrogens is 2. The number of fused-ring (bicyclic) bond motifs is 1. The van der Waals surface area contributed by atoms with E-state index in [1.54, 1.807) is 4.90 Å². The summed E-state index contributed by atoms with van der Waals surface area (Å²) >= 11 is 0. The first kappa shape index (κ1) is 25.8. The van der Waals surface area contributed by atoms with E-state index < -0.39 is 0 Å². The average molecular weight is 513 g/mol. The molecule has 4 aromatic rings. The summed E-state index contributed by atoms with van der Waals surface area (Å²) in [6.07, 6.45) is 2.42. The number of para-hydroxylation sites is 2. The highest BCUT2D eigenvalue weighted by Crippen LogP contribution is 2.26. The Kier molecular flexibility index (Phi) is 7.94. The standard InChI is InChI=1S/C31H33FN4O2/c1-35(31(38)24-7-3-2-4-8-24)21-25(22-11-13-26(32)14-12-22)17-20-36-18-15-23(16-19-36)29(37)30-33-27-9-5-6-10-28(27)34-30/h2-14,23,25H,15-21H2,1H3,(H,33,34). The van der Waals surface area contributed by atoms with E-state index in [-0.39, 0.29) is 29.3 Å². The molecule has 1 aliphatic rings. The number of piperidine rings is 1. The van der Waals surface area contributed by atoms with Gasteiger partial charge in [-0.25, -0.2) is 9.37 Å². The summed E-state index contributed by atoms with van der Waals surface area (Å²) < 4.78 is 13.6. The molecule has 38 heavy (non-hydrogen) atoms. The molecule has 0 spiro atoms. The number of H-pyrrole nitrogens is 1. The Bertz CT molecular complexity index is 1350. The quantitative estimate of drug-likeness (QED) is 0.299. The van der Waals surface area contributed by atoms with Crippen LogP contribution in [0.3, 0.4) is 0 Å². The fraction of sp³-hybridized carbons (Fsp3) is 0.323. The Labute approximate surface area is 222 Å². The monoisotopic (exact) mass is 512 g/mol. The van der Waals surface area contributed by atoms with Crippen molar-refractivity contribution in [2.75, 3.05) is 33.2 Å². The van der Waals surface area contributed by atoms with Crippen molar-refractivity contribution in [1.82, 2.24) is 19.8 Å². The Morgan fingerprint density at radius 1 is 1.00 bits per heavy atom. The first-order valence-electron chi connectivity index (χ1n) is 13.2. The van der Waals surface area contributed by atoms with E-state index in [1.807, 2.05) is 73.8 Å². The topological polar surface area (TPSA) is 69.3 Å². The van der Waals surface area contributed by atoms with E-state index in [0.717, 1.165) is 55.5 Å². The van der Waals surface area contributed by atoms with Crippen LogP contribution in [0.4, 0.5) is 4.39 Å². The van der Waals surface area contributed by atoms with E-state index in [0.29, 0.717) is 17.9 Å². The Morgan fingerprint density at radius 2 is 1.68 bits per heavy atom. The summed E-state index contributed by atoms with van der Waals surface area (Å²) in [6, 6.07) is 23.6. The van der Waals surface area contributed by atoms with Crippen LogP contribution in [0.1, 0.15) is 51.7 Å². The van der Waals surface area contributed by atoms with Gasteiger partial charge in [-0.2, -0.15) is 0 Å². The van der Waals surface area contributed by atoms with E-state index in [2.05, 4.69) is 14.9 Å². The molecule has 1 unspecified atom stereocenters. The molecule has 0 bridgehead atoms. The molecular formula is C31H33FN4O2. The van der Waals surface area contributed by atoms with Crippen molar-refractivity contribution in [2.24, 2.45) is 5.92 Å². The van der Waals surface area contributed by atoms with Crippen molar-refractivity contribution in [3.8, 4) is 0 Å². The van der Waals surface area contributed by atoms with Crippen LogP contribution in [0.25, 0.3) is 11.0 Å². The number of nitrogens with zero attached hydrogens (tertiary/aromatic N) is 3. The molecule has 0 aliphatic carbocycles. The number of imidazole rings is 1. The van der Waals surface area contributed by atoms with Crippen molar-refractivity contribution in [3.05, 3.63) is 102 Å². The Balaban J connectivity index is 1.19. The molecule has 0 saturated carbocycles. The molecule has 1 aromatic heterocycles. The zero-order valence-electron chi connectivity index (χ0n) is 21.6. The van der Waals surface area contributed by atoms with E-state index in [1.165, 1.54) is 12.1 Å². The maximum absolute atomic E-state index is 13.6. The van der Waals surface area contributed by atoms with Gasteiger partial charge >= 0.3 is 0 Å². The number of halogens is 1. The van der Waals surface area contributed by atoms with Gasteiger partial charge < -0.3 is 14.8 Å². The SMILES string of the molecule is CN(CC(CCN1CCC(C(=O)c2nc3ccccc3[nH]2)CC1)c1ccc(F)cc1)C(=O)c1ccccc1. The molecular weight excluding hydrogens is 479 g/mol. The number of ketones is 1. The molecule has 7 heteroatoms. The maximum atomic E-state index is 13.6. The van der Waals surface area contributed by atoms with Gasteiger partial charge in [-0.3, -0.25) is 9.59 Å². The molecule has 1 aliphatic heterocycles. The van der Waals surface area contributed by atoms with Gasteiger partial charge in [0.05, 0.1) is 11.0 Å². The second kappa shape index (κ2) is 11.7. The minimum atomic E-state index is -0.266. The zero-order valence-corrected chi connectivity index (χ0v) is 21.6. The van der Waals surface area contributed by atoms with Gasteiger partial charge in [0.1, 0.15) is 5.82 Å². The van der Waals surface area contributed by atoms with E-state index in [9.17, 15) is 14.0 Å². The summed E-state index contributed by atoms with van der Waals surface area (Å²) in [6.45, 7) is 3.07. The number of amides is 1. The summed E-state index contributed by atoms with van der Waals surface area (Å²) in [5.74, 6) is 0.288. The Morgan fingerprint density at radius 3 is 2.39 bits per heavy atom. The number of carbonyl (C=O) groups excluding carboxylic acids is 2. The lowest BCUT2D eigenvalue weighted by molar-refractivity contribution is 0.0779. The van der Waals surface area contributed by atoms with Gasteiger partial charge in [0.15, 0.2) is 5.82 Å². The molecule has 1 saturated heterocycles. The lowest BCUT2D eigenvalue weighted by atomic mass is 9.90. The van der Waals surface area contributed by atoms with E-state index >= 15 is 0 Å². The van der Waals surface area contributed by atoms with Crippen LogP contribution in [0.2, 0.25) is 0 Å². The van der Waals surface area contributed by atoms with Crippen molar-refractivity contribution < 1.29 is 14.0 Å². The molecule has 6 nitrogen and oxygen atoms in total. The van der Waals surface area contributed by atoms with Gasteiger partial charge in [0.2, 0.25) is 5.78 Å². The minimum absolute atomic E-state index is 0.0253. The molecule has 196 valence electrons. The van der Waals surface area contributed by atoms with Gasteiger partial charge in [0.25, 0.3) is 5.91 Å². The second-order valence-electron chi connectivity index (χ2n) is 10.2. The number of rotatable bonds is 9. The fourth-order valence-electron chi connectivity index (χ4n) is 5.33. The van der Waals surface area contributed by atoms with Crippen LogP contribution in [-0.4, -0.2) is 64.7 Å². The Hall–Kier alpha value is -3.84. The molecule has 1 amide bonds. The number of carbonyl (C=O) groups is 2. The number of benzene rings is 3. The van der Waals surface area contributed by atoms with Gasteiger partial charge in [-0.15, -0.1) is 0 Å². The van der Waals surface area contributed by atoms with Crippen molar-refractivity contribution in [3.63, 3.8) is 0 Å². The van der Waals surface area contributed by atoms with Crippen LogP contribution < -0.4 is 0 Å². The highest BCUT2D eigenvalue weighted by atomic mass is 19.1. The van der Waals surface area contributed by atoms with Crippen LogP contribution in [0.15, 0.2) is 78.9 Å². The van der Waals surface area contributed by atoms with Crippen LogP contribution >= 0.6 is 0 Å². The highest BCUT2D eigenvalue weighted by molar-refractivity contribution is 5.97. The normalized spacial score (nSPS) is 15.4. The predicted molar refractivity (Wildman–Crippen MR) is 147 cm³/mol. The van der Waals surface area contributed by atoms with Gasteiger partial charge in [-0.05, 0) is 80.9 Å². The predicted octanol–water partition coefficient (Wildman–Crippen LogP) is 5.54. The van der Waals surface area contributed by atoms with Crippen LogP contribution in [0.5, 0.6) is 0 Å². The molecule has 2 heterocycles. The number of nitrogens with one attached hydrogen (secondary N) is 1. The second-order valence-corrected chi connectivity index (χ2v) is 10.2. The lowest BCUT2D eigenvalue weighted by Gasteiger charge is -2.33. The molecule has 1 N–H and O–H groups in total. The van der Waals surface area contributed by atoms with Crippen LogP contribution in [-0.2, 0) is 0 Å². The molecule has 3 aromatic carbocycles. The number of likely N-dealkylation sites (tertiary alicyclic amines) is 1. The summed E-state index contributed by atoms with van der Waals surface area (Å²) in [5.41, 5.74) is 3.38. The highest BCUT2D eigenvalue weighted by Gasteiger charge is 2.28. The molecule has 1 fully saturated rings. The van der Waals surface area contributed by atoms with Gasteiger partial charge in [0, 0.05) is 31.0 Å².